The predicted molar refractivity (Wildman–Crippen MR) is 93.4 cm³/mol. The first-order valence-corrected chi connectivity index (χ1v) is 8.34. The first-order valence-electron chi connectivity index (χ1n) is 8.34. The van der Waals surface area contributed by atoms with Crippen molar-refractivity contribution in [3.63, 3.8) is 0 Å². The molecule has 2 aromatic rings. The van der Waals surface area contributed by atoms with E-state index in [9.17, 15) is 29.0 Å². The number of piperidine rings is 1. The van der Waals surface area contributed by atoms with Crippen molar-refractivity contribution in [1.29, 1.82) is 5.26 Å². The number of nitro groups is 1. The van der Waals surface area contributed by atoms with Gasteiger partial charge in [-0.2, -0.15) is 5.26 Å². The van der Waals surface area contributed by atoms with E-state index < -0.39 is 28.3 Å². The van der Waals surface area contributed by atoms with E-state index in [-0.39, 0.29) is 22.5 Å². The minimum absolute atomic E-state index is 0.171. The van der Waals surface area contributed by atoms with Crippen LogP contribution in [0.25, 0.3) is 0 Å². The van der Waals surface area contributed by atoms with E-state index in [1.165, 1.54) is 18.2 Å². The standard InChI is InChI=1S/C19H15F2N3O3/c20-14-4-5-16(21)15(10-14)19(25)12-6-8-23(9-7-12)18-13(11-22)2-1-3-17(18)24(26)27/h1-5,10,12H,6-9H2. The van der Waals surface area contributed by atoms with Crippen LogP contribution in [0.4, 0.5) is 20.2 Å². The van der Waals surface area contributed by atoms with Gasteiger partial charge in [-0.25, -0.2) is 8.78 Å². The molecule has 138 valence electrons. The lowest BCUT2D eigenvalue weighted by atomic mass is 9.88. The molecule has 8 heteroatoms. The summed E-state index contributed by atoms with van der Waals surface area (Å²) in [5, 5.41) is 20.6. The molecule has 0 unspecified atom stereocenters. The van der Waals surface area contributed by atoms with Gasteiger partial charge in [0, 0.05) is 25.1 Å². The zero-order valence-corrected chi connectivity index (χ0v) is 14.2. The molecule has 0 amide bonds. The molecular formula is C19H15F2N3O3. The Hall–Kier alpha value is -3.34. The summed E-state index contributed by atoms with van der Waals surface area (Å²) in [5.41, 5.74) is -0.0372. The number of halogens is 2. The lowest BCUT2D eigenvalue weighted by molar-refractivity contribution is -0.384. The van der Waals surface area contributed by atoms with Crippen LogP contribution in [0.15, 0.2) is 36.4 Å². The zero-order valence-electron chi connectivity index (χ0n) is 14.2. The monoisotopic (exact) mass is 371 g/mol. The third-order valence-corrected chi connectivity index (χ3v) is 4.71. The zero-order chi connectivity index (χ0) is 19.6. The number of nitrogens with zero attached hydrogens (tertiary/aromatic N) is 3. The molecule has 27 heavy (non-hydrogen) atoms. The summed E-state index contributed by atoms with van der Waals surface area (Å²) < 4.78 is 27.2. The summed E-state index contributed by atoms with van der Waals surface area (Å²) >= 11 is 0. The number of hydrogen-bond donors (Lipinski definition) is 0. The Balaban J connectivity index is 1.80. The summed E-state index contributed by atoms with van der Waals surface area (Å²) in [6.07, 6.45) is 0.650. The minimum atomic E-state index is -0.769. The summed E-state index contributed by atoms with van der Waals surface area (Å²) in [6.45, 7) is 0.597. The Kier molecular flexibility index (Phi) is 5.12. The number of carbonyl (C=O) groups excluding carboxylic acids is 1. The van der Waals surface area contributed by atoms with Gasteiger partial charge in [-0.15, -0.1) is 0 Å². The molecule has 1 heterocycles. The summed E-state index contributed by atoms with van der Waals surface area (Å²) in [5.74, 6) is -2.44. The Morgan fingerprint density at radius 3 is 2.56 bits per heavy atom. The molecule has 1 saturated heterocycles. The minimum Gasteiger partial charge on any atom is -0.365 e. The van der Waals surface area contributed by atoms with Crippen LogP contribution >= 0.6 is 0 Å². The molecule has 0 radical (unpaired) electrons. The van der Waals surface area contributed by atoms with E-state index in [1.54, 1.807) is 4.90 Å². The highest BCUT2D eigenvalue weighted by atomic mass is 19.1. The number of rotatable bonds is 4. The topological polar surface area (TPSA) is 87.2 Å². The van der Waals surface area contributed by atoms with Crippen LogP contribution in [0.3, 0.4) is 0 Å². The van der Waals surface area contributed by atoms with Crippen LogP contribution < -0.4 is 4.90 Å². The van der Waals surface area contributed by atoms with Gasteiger partial charge in [0.1, 0.15) is 23.4 Å². The summed E-state index contributed by atoms with van der Waals surface area (Å²) in [4.78, 5) is 25.0. The number of Topliss-reactive ketones (excluding diaryl/α,β-unsaturated/α-hetero) is 1. The van der Waals surface area contributed by atoms with Crippen molar-refractivity contribution in [2.24, 2.45) is 5.92 Å². The van der Waals surface area contributed by atoms with Gasteiger partial charge in [0.25, 0.3) is 5.69 Å². The maximum absolute atomic E-state index is 13.8. The van der Waals surface area contributed by atoms with Crippen LogP contribution in [0.1, 0.15) is 28.8 Å². The van der Waals surface area contributed by atoms with Crippen molar-refractivity contribution < 1.29 is 18.5 Å². The normalized spacial score (nSPS) is 14.6. The molecule has 1 fully saturated rings. The number of nitriles is 1. The van der Waals surface area contributed by atoms with Gasteiger partial charge < -0.3 is 4.90 Å². The van der Waals surface area contributed by atoms with E-state index in [1.807, 2.05) is 6.07 Å². The molecule has 0 N–H and O–H groups in total. The lowest BCUT2D eigenvalue weighted by Gasteiger charge is -2.33. The third kappa shape index (κ3) is 3.62. The molecule has 1 aliphatic rings. The maximum Gasteiger partial charge on any atom is 0.293 e. The van der Waals surface area contributed by atoms with E-state index >= 15 is 0 Å². The van der Waals surface area contributed by atoms with Crippen LogP contribution in [-0.2, 0) is 0 Å². The maximum atomic E-state index is 13.8. The average molecular weight is 371 g/mol. The smallest absolute Gasteiger partial charge is 0.293 e. The Morgan fingerprint density at radius 2 is 1.93 bits per heavy atom. The molecular weight excluding hydrogens is 356 g/mol. The van der Waals surface area contributed by atoms with Crippen molar-refractivity contribution in [3.8, 4) is 6.07 Å². The second-order valence-electron chi connectivity index (χ2n) is 6.29. The van der Waals surface area contributed by atoms with Gasteiger partial charge in [-0.1, -0.05) is 6.07 Å². The number of ketones is 1. The van der Waals surface area contributed by atoms with Crippen molar-refractivity contribution in [3.05, 3.63) is 69.3 Å². The van der Waals surface area contributed by atoms with E-state index in [2.05, 4.69) is 0 Å². The lowest BCUT2D eigenvalue weighted by Crippen LogP contribution is -2.37. The van der Waals surface area contributed by atoms with Crippen molar-refractivity contribution in [2.45, 2.75) is 12.8 Å². The average Bonchev–Trinajstić information content (AvgIpc) is 2.68. The SMILES string of the molecule is N#Cc1cccc([N+](=O)[O-])c1N1CCC(C(=O)c2cc(F)ccc2F)CC1. The van der Waals surface area contributed by atoms with Crippen LogP contribution in [-0.4, -0.2) is 23.8 Å². The van der Waals surface area contributed by atoms with Gasteiger partial charge in [0.2, 0.25) is 0 Å². The largest absolute Gasteiger partial charge is 0.365 e. The fourth-order valence-corrected chi connectivity index (χ4v) is 3.37. The summed E-state index contributed by atoms with van der Waals surface area (Å²) in [7, 11) is 0. The third-order valence-electron chi connectivity index (χ3n) is 4.71. The second-order valence-corrected chi connectivity index (χ2v) is 6.29. The molecule has 2 aromatic carbocycles. The van der Waals surface area contributed by atoms with Crippen molar-refractivity contribution >= 4 is 17.2 Å². The van der Waals surface area contributed by atoms with Crippen LogP contribution in [0.2, 0.25) is 0 Å². The van der Waals surface area contributed by atoms with Crippen molar-refractivity contribution in [2.75, 3.05) is 18.0 Å². The van der Waals surface area contributed by atoms with Crippen molar-refractivity contribution in [1.82, 2.24) is 0 Å². The van der Waals surface area contributed by atoms with Crippen LogP contribution in [0, 0.1) is 39.0 Å². The first-order chi connectivity index (χ1) is 12.9. The molecule has 0 aliphatic carbocycles. The molecule has 0 spiro atoms. The Bertz CT molecular complexity index is 948. The van der Waals surface area contributed by atoms with Crippen LogP contribution in [0.5, 0.6) is 0 Å². The van der Waals surface area contributed by atoms with Gasteiger partial charge in [-0.05, 0) is 37.1 Å². The molecule has 0 saturated carbocycles. The Labute approximate surface area is 153 Å². The molecule has 3 rings (SSSR count). The van der Waals surface area contributed by atoms with Gasteiger partial charge >= 0.3 is 0 Å². The molecule has 6 nitrogen and oxygen atoms in total. The molecule has 1 aliphatic heterocycles. The molecule has 0 atom stereocenters. The highest BCUT2D eigenvalue weighted by Gasteiger charge is 2.31. The predicted octanol–water partition coefficient (Wildman–Crippen LogP) is 3.84. The highest BCUT2D eigenvalue weighted by molar-refractivity contribution is 5.98. The number of anilines is 1. The highest BCUT2D eigenvalue weighted by Crippen LogP contribution is 2.35. The Morgan fingerprint density at radius 1 is 1.22 bits per heavy atom. The molecule has 0 bridgehead atoms. The second kappa shape index (κ2) is 7.50. The van der Waals surface area contributed by atoms with E-state index in [4.69, 9.17) is 0 Å². The number of benzene rings is 2. The number of nitro benzene ring substituents is 1. The van der Waals surface area contributed by atoms with Gasteiger partial charge in [-0.3, -0.25) is 14.9 Å². The fraction of sp³-hybridized carbons (Fsp3) is 0.263. The van der Waals surface area contributed by atoms with E-state index in [0.29, 0.717) is 25.9 Å². The number of carbonyl (C=O) groups is 1. The fourth-order valence-electron chi connectivity index (χ4n) is 3.37. The summed E-state index contributed by atoms with van der Waals surface area (Å²) in [6, 6.07) is 9.00. The number of hydrogen-bond acceptors (Lipinski definition) is 5. The van der Waals surface area contributed by atoms with Gasteiger partial charge in [0.15, 0.2) is 5.78 Å². The molecule has 0 aromatic heterocycles. The van der Waals surface area contributed by atoms with E-state index in [0.717, 1.165) is 18.2 Å². The quantitative estimate of drug-likeness (QED) is 0.463. The first kappa shape index (κ1) is 18.5. The van der Waals surface area contributed by atoms with Gasteiger partial charge in [0.05, 0.1) is 16.1 Å². The number of para-hydroxylation sites is 1.